The van der Waals surface area contributed by atoms with Gasteiger partial charge in [0, 0.05) is 23.4 Å². The highest BCUT2D eigenvalue weighted by molar-refractivity contribution is 7.80. The zero-order valence-electron chi connectivity index (χ0n) is 8.38. The maximum absolute atomic E-state index is 5.80. The van der Waals surface area contributed by atoms with Crippen molar-refractivity contribution in [1.82, 2.24) is 0 Å². The Hall–Kier alpha value is -1.07. The Morgan fingerprint density at radius 3 is 2.86 bits per heavy atom. The van der Waals surface area contributed by atoms with E-state index in [-0.39, 0.29) is 0 Å². The Labute approximate surface area is 91.1 Å². The van der Waals surface area contributed by atoms with E-state index in [0.29, 0.717) is 0 Å². The molecule has 0 fully saturated rings. The predicted octanol–water partition coefficient (Wildman–Crippen LogP) is 2.50. The number of aryl methyl sites for hydroxylation is 1. The van der Waals surface area contributed by atoms with Crippen LogP contribution in [0.1, 0.15) is 24.5 Å². The van der Waals surface area contributed by atoms with Crippen LogP contribution in [-0.4, -0.2) is 5.75 Å². The lowest BCUT2D eigenvalue weighted by molar-refractivity contribution is 1.14. The van der Waals surface area contributed by atoms with Gasteiger partial charge in [-0.1, -0.05) is 24.8 Å². The molecule has 0 amide bonds. The van der Waals surface area contributed by atoms with E-state index in [4.69, 9.17) is 5.73 Å². The summed E-state index contributed by atoms with van der Waals surface area (Å²) in [7, 11) is 0. The van der Waals surface area contributed by atoms with Crippen LogP contribution < -0.4 is 5.73 Å². The number of anilines is 1. The second kappa shape index (κ2) is 5.62. The van der Waals surface area contributed by atoms with Gasteiger partial charge in [-0.2, -0.15) is 12.6 Å². The van der Waals surface area contributed by atoms with Gasteiger partial charge in [-0.3, -0.25) is 0 Å². The highest BCUT2D eigenvalue weighted by atomic mass is 32.1. The topological polar surface area (TPSA) is 26.0 Å². The Kier molecular flexibility index (Phi) is 4.42. The average Bonchev–Trinajstić information content (AvgIpc) is 2.21. The SMILES string of the molecule is CCc1ccc(N)c(C#CCCS)c1. The molecule has 1 aromatic carbocycles. The van der Waals surface area contributed by atoms with Gasteiger partial charge in [0.25, 0.3) is 0 Å². The number of thiol groups is 1. The van der Waals surface area contributed by atoms with Crippen LogP contribution in [0.25, 0.3) is 0 Å². The first-order valence-corrected chi connectivity index (χ1v) is 5.39. The minimum absolute atomic E-state index is 0.758. The molecule has 0 bridgehead atoms. The predicted molar refractivity (Wildman–Crippen MR) is 65.6 cm³/mol. The largest absolute Gasteiger partial charge is 0.398 e. The van der Waals surface area contributed by atoms with Crippen LogP contribution in [0.3, 0.4) is 0 Å². The van der Waals surface area contributed by atoms with Gasteiger partial charge in [0.1, 0.15) is 0 Å². The van der Waals surface area contributed by atoms with Crippen molar-refractivity contribution in [3.8, 4) is 11.8 Å². The number of nitrogen functional groups attached to an aromatic ring is 1. The van der Waals surface area contributed by atoms with Crippen molar-refractivity contribution in [1.29, 1.82) is 0 Å². The van der Waals surface area contributed by atoms with Gasteiger partial charge in [-0.15, -0.1) is 0 Å². The van der Waals surface area contributed by atoms with E-state index in [1.165, 1.54) is 5.56 Å². The van der Waals surface area contributed by atoms with Crippen molar-refractivity contribution in [3.05, 3.63) is 29.3 Å². The fourth-order valence-electron chi connectivity index (χ4n) is 1.15. The molecule has 0 radical (unpaired) electrons. The first kappa shape index (κ1) is 11.0. The van der Waals surface area contributed by atoms with Crippen LogP contribution in [0.2, 0.25) is 0 Å². The molecule has 0 aliphatic rings. The molecule has 1 aromatic rings. The van der Waals surface area contributed by atoms with Crippen LogP contribution in [-0.2, 0) is 6.42 Å². The molecule has 0 aliphatic carbocycles. The average molecular weight is 205 g/mol. The summed E-state index contributed by atoms with van der Waals surface area (Å²) in [6, 6.07) is 6.02. The molecule has 0 heterocycles. The first-order valence-electron chi connectivity index (χ1n) is 4.76. The van der Waals surface area contributed by atoms with Crippen molar-refractivity contribution in [2.24, 2.45) is 0 Å². The molecule has 2 N–H and O–H groups in total. The van der Waals surface area contributed by atoms with Gasteiger partial charge >= 0.3 is 0 Å². The third kappa shape index (κ3) is 3.01. The van der Waals surface area contributed by atoms with Gasteiger partial charge in [0.2, 0.25) is 0 Å². The third-order valence-corrected chi connectivity index (χ3v) is 2.21. The molecule has 1 rings (SSSR count). The smallest absolute Gasteiger partial charge is 0.0477 e. The maximum atomic E-state index is 5.80. The highest BCUT2D eigenvalue weighted by Gasteiger charge is 1.96. The minimum Gasteiger partial charge on any atom is -0.398 e. The first-order chi connectivity index (χ1) is 6.77. The quantitative estimate of drug-likeness (QED) is 0.433. The Bertz CT molecular complexity index is 360. The monoisotopic (exact) mass is 205 g/mol. The standard InChI is InChI=1S/C12H15NS/c1-2-10-6-7-12(13)11(9-10)5-3-4-8-14/h6-7,9,14H,2,4,8,13H2,1H3. The minimum atomic E-state index is 0.758. The molecule has 0 atom stereocenters. The van der Waals surface area contributed by atoms with E-state index in [1.54, 1.807) is 0 Å². The molecule has 0 saturated carbocycles. The number of rotatable bonds is 2. The van der Waals surface area contributed by atoms with E-state index >= 15 is 0 Å². The van der Waals surface area contributed by atoms with Crippen LogP contribution in [0.15, 0.2) is 18.2 Å². The summed E-state index contributed by atoms with van der Waals surface area (Å²) >= 11 is 4.10. The Morgan fingerprint density at radius 1 is 1.43 bits per heavy atom. The molecule has 2 heteroatoms. The molecule has 1 nitrogen and oxygen atoms in total. The van der Waals surface area contributed by atoms with E-state index in [9.17, 15) is 0 Å². The van der Waals surface area contributed by atoms with Crippen LogP contribution >= 0.6 is 12.6 Å². The number of hydrogen-bond acceptors (Lipinski definition) is 2. The lowest BCUT2D eigenvalue weighted by Gasteiger charge is -2.01. The van der Waals surface area contributed by atoms with Crippen molar-refractivity contribution in [2.45, 2.75) is 19.8 Å². The lowest BCUT2D eigenvalue weighted by atomic mass is 10.1. The third-order valence-electron chi connectivity index (χ3n) is 1.99. The summed E-state index contributed by atoms with van der Waals surface area (Å²) in [5.74, 6) is 6.89. The zero-order valence-corrected chi connectivity index (χ0v) is 9.27. The molecular formula is C12H15NS. The Balaban J connectivity index is 2.91. The van der Waals surface area contributed by atoms with Gasteiger partial charge < -0.3 is 5.73 Å². The van der Waals surface area contributed by atoms with Crippen LogP contribution in [0, 0.1) is 11.8 Å². The van der Waals surface area contributed by atoms with Crippen molar-refractivity contribution >= 4 is 18.3 Å². The molecule has 0 saturated heterocycles. The number of hydrogen-bond donors (Lipinski definition) is 2. The second-order valence-corrected chi connectivity index (χ2v) is 3.50. The lowest BCUT2D eigenvalue weighted by Crippen LogP contribution is -1.92. The van der Waals surface area contributed by atoms with Crippen molar-refractivity contribution in [2.75, 3.05) is 11.5 Å². The second-order valence-electron chi connectivity index (χ2n) is 3.05. The molecular weight excluding hydrogens is 190 g/mol. The van der Waals surface area contributed by atoms with E-state index in [2.05, 4.69) is 37.5 Å². The molecule has 0 aliphatic heterocycles. The van der Waals surface area contributed by atoms with Crippen molar-refractivity contribution in [3.63, 3.8) is 0 Å². The molecule has 0 spiro atoms. The number of nitrogens with two attached hydrogens (primary N) is 1. The summed E-state index contributed by atoms with van der Waals surface area (Å²) in [6.45, 7) is 2.12. The summed E-state index contributed by atoms with van der Waals surface area (Å²) < 4.78 is 0. The summed E-state index contributed by atoms with van der Waals surface area (Å²) in [5, 5.41) is 0. The normalized spacial score (nSPS) is 9.29. The zero-order chi connectivity index (χ0) is 10.4. The summed E-state index contributed by atoms with van der Waals surface area (Å²) in [6.07, 6.45) is 1.82. The summed E-state index contributed by atoms with van der Waals surface area (Å²) in [5.41, 5.74) is 8.77. The Morgan fingerprint density at radius 2 is 2.21 bits per heavy atom. The van der Waals surface area contributed by atoms with Gasteiger partial charge in [0.15, 0.2) is 0 Å². The molecule has 14 heavy (non-hydrogen) atoms. The van der Waals surface area contributed by atoms with E-state index in [1.807, 2.05) is 12.1 Å². The van der Waals surface area contributed by atoms with Crippen molar-refractivity contribution < 1.29 is 0 Å². The maximum Gasteiger partial charge on any atom is 0.0477 e. The van der Waals surface area contributed by atoms with Gasteiger partial charge in [0.05, 0.1) is 0 Å². The van der Waals surface area contributed by atoms with Crippen LogP contribution in [0.5, 0.6) is 0 Å². The fourth-order valence-corrected chi connectivity index (χ4v) is 1.26. The molecule has 0 unspecified atom stereocenters. The van der Waals surface area contributed by atoms with Gasteiger partial charge in [-0.05, 0) is 24.1 Å². The van der Waals surface area contributed by atoms with E-state index in [0.717, 1.165) is 29.8 Å². The molecule has 0 aromatic heterocycles. The summed E-state index contributed by atoms with van der Waals surface area (Å²) in [4.78, 5) is 0. The highest BCUT2D eigenvalue weighted by Crippen LogP contribution is 2.13. The molecule has 74 valence electrons. The van der Waals surface area contributed by atoms with E-state index < -0.39 is 0 Å². The fraction of sp³-hybridized carbons (Fsp3) is 0.333. The van der Waals surface area contributed by atoms with Crippen LogP contribution in [0.4, 0.5) is 5.69 Å². The van der Waals surface area contributed by atoms with Gasteiger partial charge in [-0.25, -0.2) is 0 Å². The number of benzene rings is 1.